The summed E-state index contributed by atoms with van der Waals surface area (Å²) in [7, 11) is 0. The molecule has 174 valence electrons. The first kappa shape index (κ1) is 21.2. The Morgan fingerprint density at radius 2 is 1.35 bits per heavy atom. The molecule has 1 aliphatic carbocycles. The molecule has 0 atom stereocenters. The molecule has 2 aliphatic rings. The number of nitrogens with zero attached hydrogens (tertiary/aromatic N) is 5. The molecule has 2 heterocycles. The molecular weight excluding hydrogens is 461 g/mol. The summed E-state index contributed by atoms with van der Waals surface area (Å²) in [6, 6.07) is 27.7. The minimum Gasteiger partial charge on any atom is -0.309 e. The average Bonchev–Trinajstić information content (AvgIpc) is 3.25. The molecule has 4 aromatic carbocycles. The third-order valence-electron chi connectivity index (χ3n) is 7.57. The van der Waals surface area contributed by atoms with Gasteiger partial charge in [0.25, 0.3) is 0 Å². The van der Waals surface area contributed by atoms with Crippen molar-refractivity contribution in [3.8, 4) is 34.7 Å². The molecule has 0 radical (unpaired) electrons. The molecule has 0 fully saturated rings. The van der Waals surface area contributed by atoms with Crippen LogP contribution in [0.25, 0.3) is 33.3 Å². The van der Waals surface area contributed by atoms with Crippen molar-refractivity contribution in [3.05, 3.63) is 101 Å². The molecule has 7 rings (SSSR count). The zero-order valence-corrected chi connectivity index (χ0v) is 20.0. The van der Waals surface area contributed by atoms with E-state index in [0.717, 1.165) is 27.9 Å². The van der Waals surface area contributed by atoms with Gasteiger partial charge in [-0.1, -0.05) is 68.4 Å². The predicted octanol–water partition coefficient (Wildman–Crippen LogP) is 7.27. The summed E-state index contributed by atoms with van der Waals surface area (Å²) >= 11 is 0. The lowest BCUT2D eigenvalue weighted by Gasteiger charge is -2.42. The van der Waals surface area contributed by atoms with Crippen LogP contribution in [-0.2, 0) is 5.41 Å². The van der Waals surface area contributed by atoms with E-state index >= 15 is 4.39 Å². The van der Waals surface area contributed by atoms with Gasteiger partial charge in [0.15, 0.2) is 11.4 Å². The van der Waals surface area contributed by atoms with Crippen molar-refractivity contribution in [3.63, 3.8) is 0 Å². The van der Waals surface area contributed by atoms with E-state index in [1.165, 1.54) is 0 Å². The first-order chi connectivity index (χ1) is 18.0. The Kier molecular flexibility index (Phi) is 4.15. The second-order valence-electron chi connectivity index (χ2n) is 9.82. The Morgan fingerprint density at radius 1 is 0.757 bits per heavy atom. The summed E-state index contributed by atoms with van der Waals surface area (Å²) in [6.45, 7) is 4.42. The molecule has 5 nitrogen and oxygen atoms in total. The van der Waals surface area contributed by atoms with Crippen LogP contribution in [0.5, 0.6) is 0 Å². The molecule has 0 saturated heterocycles. The van der Waals surface area contributed by atoms with Gasteiger partial charge in [0.05, 0.1) is 22.8 Å². The van der Waals surface area contributed by atoms with Crippen LogP contribution in [0.3, 0.4) is 0 Å². The Bertz CT molecular complexity index is 1860. The Morgan fingerprint density at radius 3 is 1.97 bits per heavy atom. The lowest BCUT2D eigenvalue weighted by Crippen LogP contribution is -2.30. The molecule has 0 amide bonds. The molecule has 5 aromatic rings. The van der Waals surface area contributed by atoms with Gasteiger partial charge in [-0.15, -0.1) is 0 Å². The Hall–Kier alpha value is -5.07. The van der Waals surface area contributed by atoms with E-state index in [2.05, 4.69) is 53.0 Å². The van der Waals surface area contributed by atoms with Crippen LogP contribution in [0, 0.1) is 28.5 Å². The zero-order valence-electron chi connectivity index (χ0n) is 20.0. The van der Waals surface area contributed by atoms with Gasteiger partial charge >= 0.3 is 0 Å². The maximum atomic E-state index is 16.1. The molecule has 0 unspecified atom stereocenters. The van der Waals surface area contributed by atoms with Crippen molar-refractivity contribution < 1.29 is 4.39 Å². The highest BCUT2D eigenvalue weighted by molar-refractivity contribution is 6.18. The van der Waals surface area contributed by atoms with Gasteiger partial charge in [-0.3, -0.25) is 0 Å². The number of rotatable bonds is 1. The first-order valence-electron chi connectivity index (χ1n) is 11.9. The van der Waals surface area contributed by atoms with Crippen LogP contribution in [0.15, 0.2) is 72.8 Å². The largest absolute Gasteiger partial charge is 0.309 e. The number of benzene rings is 4. The highest BCUT2D eigenvalue weighted by Crippen LogP contribution is 2.55. The Balaban J connectivity index is 1.58. The molecule has 1 aliphatic heterocycles. The molecule has 0 spiro atoms. The van der Waals surface area contributed by atoms with Crippen LogP contribution < -0.4 is 4.90 Å². The first-order valence-corrected chi connectivity index (χ1v) is 11.9. The van der Waals surface area contributed by atoms with E-state index in [1.807, 2.05) is 54.6 Å². The molecular formula is C31H18FN5. The van der Waals surface area contributed by atoms with E-state index in [1.54, 1.807) is 6.07 Å². The molecule has 0 bridgehead atoms. The number of aromatic nitrogens is 2. The van der Waals surface area contributed by atoms with Gasteiger partial charge in [-0.25, -0.2) is 14.4 Å². The average molecular weight is 480 g/mol. The monoisotopic (exact) mass is 479 g/mol. The third-order valence-corrected chi connectivity index (χ3v) is 7.57. The fraction of sp³-hybridized carbons (Fsp3) is 0.0968. The second-order valence-corrected chi connectivity index (χ2v) is 9.82. The normalized spacial score (nSPS) is 13.9. The molecule has 37 heavy (non-hydrogen) atoms. The van der Waals surface area contributed by atoms with Gasteiger partial charge in [0, 0.05) is 27.3 Å². The quantitative estimate of drug-likeness (QED) is 0.248. The fourth-order valence-electron chi connectivity index (χ4n) is 5.92. The summed E-state index contributed by atoms with van der Waals surface area (Å²) in [5.41, 5.74) is 6.35. The summed E-state index contributed by atoms with van der Waals surface area (Å²) < 4.78 is 16.1. The number of hydrogen-bond donors (Lipinski definition) is 0. The number of halogens is 1. The van der Waals surface area contributed by atoms with Crippen LogP contribution in [0.1, 0.15) is 36.4 Å². The van der Waals surface area contributed by atoms with Gasteiger partial charge in [0.1, 0.15) is 23.6 Å². The van der Waals surface area contributed by atoms with Crippen molar-refractivity contribution in [1.29, 1.82) is 10.5 Å². The van der Waals surface area contributed by atoms with Gasteiger partial charge in [-0.2, -0.15) is 10.5 Å². The van der Waals surface area contributed by atoms with Crippen molar-refractivity contribution in [1.82, 2.24) is 9.97 Å². The van der Waals surface area contributed by atoms with Gasteiger partial charge in [-0.05, 0) is 29.3 Å². The van der Waals surface area contributed by atoms with E-state index < -0.39 is 5.82 Å². The SMILES string of the molecule is CC1(C)c2ccccc2N(c2cc(F)c3c4c(cccc24)-c2nc(C#N)c(C#N)nc2-3)c2ccccc21. The molecule has 6 heteroatoms. The number of nitriles is 2. The molecule has 1 aromatic heterocycles. The maximum Gasteiger partial charge on any atom is 0.177 e. The topological polar surface area (TPSA) is 76.6 Å². The number of fused-ring (bicyclic) bond motifs is 5. The van der Waals surface area contributed by atoms with E-state index in [9.17, 15) is 10.5 Å². The lowest BCUT2D eigenvalue weighted by atomic mass is 9.73. The summed E-state index contributed by atoms with van der Waals surface area (Å²) in [5.74, 6) is -0.448. The minimum atomic E-state index is -0.448. The van der Waals surface area contributed by atoms with Crippen molar-refractivity contribution in [2.45, 2.75) is 19.3 Å². The standard InChI is InChI=1S/C31H18FN5/c1-31(2)19-10-3-5-12-24(19)37(25-13-6-4-11-20(25)31)26-14-21(32)28-27-17(26)8-7-9-18(27)29-30(28)36-23(16-34)22(15-33)35-29/h3-14H,1-2H3. The van der Waals surface area contributed by atoms with Crippen molar-refractivity contribution >= 4 is 27.8 Å². The zero-order chi connectivity index (χ0) is 25.5. The molecule has 0 saturated carbocycles. The highest BCUT2D eigenvalue weighted by Gasteiger charge is 2.38. The predicted molar refractivity (Wildman–Crippen MR) is 140 cm³/mol. The summed E-state index contributed by atoms with van der Waals surface area (Å²) in [5, 5.41) is 20.5. The van der Waals surface area contributed by atoms with Crippen molar-refractivity contribution in [2.75, 3.05) is 4.90 Å². The lowest BCUT2D eigenvalue weighted by molar-refractivity contribution is 0.628. The second kappa shape index (κ2) is 7.22. The van der Waals surface area contributed by atoms with E-state index in [4.69, 9.17) is 0 Å². The molecule has 0 N–H and O–H groups in total. The van der Waals surface area contributed by atoms with E-state index in [-0.39, 0.29) is 16.8 Å². The van der Waals surface area contributed by atoms with Crippen LogP contribution in [-0.4, -0.2) is 9.97 Å². The highest BCUT2D eigenvalue weighted by atomic mass is 19.1. The maximum absolute atomic E-state index is 16.1. The minimum absolute atomic E-state index is 0.0622. The van der Waals surface area contributed by atoms with Crippen molar-refractivity contribution in [2.24, 2.45) is 0 Å². The summed E-state index contributed by atoms with van der Waals surface area (Å²) in [6.07, 6.45) is 0. The summed E-state index contributed by atoms with van der Waals surface area (Å²) in [4.78, 5) is 10.9. The number of hydrogen-bond acceptors (Lipinski definition) is 5. The Labute approximate surface area is 212 Å². The van der Waals surface area contributed by atoms with Gasteiger partial charge < -0.3 is 4.90 Å². The van der Waals surface area contributed by atoms with Gasteiger partial charge in [0.2, 0.25) is 0 Å². The smallest absolute Gasteiger partial charge is 0.177 e. The van der Waals surface area contributed by atoms with Crippen LogP contribution in [0.2, 0.25) is 0 Å². The third kappa shape index (κ3) is 2.64. The number of para-hydroxylation sites is 2. The van der Waals surface area contributed by atoms with Crippen LogP contribution in [0.4, 0.5) is 21.5 Å². The van der Waals surface area contributed by atoms with E-state index in [0.29, 0.717) is 33.6 Å². The number of anilines is 3. The fourth-order valence-corrected chi connectivity index (χ4v) is 5.92. The van der Waals surface area contributed by atoms with Crippen LogP contribution >= 0.6 is 0 Å².